The van der Waals surface area contributed by atoms with Gasteiger partial charge in [0.05, 0.1) is 6.61 Å². The molecule has 0 aliphatic rings. The smallest absolute Gasteiger partial charge is 0.195 e. The minimum atomic E-state index is 0.450. The summed E-state index contributed by atoms with van der Waals surface area (Å²) in [6.45, 7) is 0.450. The maximum absolute atomic E-state index is 5.06. The van der Waals surface area contributed by atoms with Gasteiger partial charge in [0.2, 0.25) is 0 Å². The molecule has 0 unspecified atom stereocenters. The Morgan fingerprint density at radius 1 is 1.38 bits per heavy atom. The third kappa shape index (κ3) is 2.47. The molecular formula is C10H10N4OS. The van der Waals surface area contributed by atoms with Crippen molar-refractivity contribution < 1.29 is 4.74 Å². The summed E-state index contributed by atoms with van der Waals surface area (Å²) in [7, 11) is 1.62. The predicted octanol–water partition coefficient (Wildman–Crippen LogP) is 1.74. The molecule has 0 spiro atoms. The average Bonchev–Trinajstić information content (AvgIpc) is 2.30. The molecule has 1 N–H and O–H groups in total. The minimum Gasteiger partial charge on any atom is -0.378 e. The molecule has 0 atom stereocenters. The molecule has 0 saturated heterocycles. The van der Waals surface area contributed by atoms with Crippen LogP contribution in [0.15, 0.2) is 24.5 Å². The highest BCUT2D eigenvalue weighted by molar-refractivity contribution is 7.71. The number of rotatable bonds is 3. The van der Waals surface area contributed by atoms with Gasteiger partial charge in [-0.1, -0.05) is 12.2 Å². The Morgan fingerprint density at radius 3 is 2.81 bits per heavy atom. The predicted molar refractivity (Wildman–Crippen MR) is 61.2 cm³/mol. The van der Waals surface area contributed by atoms with Gasteiger partial charge in [-0.3, -0.25) is 0 Å². The maximum Gasteiger partial charge on any atom is 0.195 e. The zero-order chi connectivity index (χ0) is 11.4. The highest BCUT2D eigenvalue weighted by Crippen LogP contribution is 2.09. The van der Waals surface area contributed by atoms with E-state index >= 15 is 0 Å². The van der Waals surface area contributed by atoms with Crippen molar-refractivity contribution >= 4 is 12.2 Å². The van der Waals surface area contributed by atoms with Crippen LogP contribution in [0.5, 0.6) is 0 Å². The first-order chi connectivity index (χ1) is 7.79. The second-order valence-electron chi connectivity index (χ2n) is 3.10. The molecule has 0 amide bonds. The Balaban J connectivity index is 2.45. The van der Waals surface area contributed by atoms with Crippen molar-refractivity contribution in [1.29, 1.82) is 0 Å². The summed E-state index contributed by atoms with van der Waals surface area (Å²) in [4.78, 5) is 15.4. The molecular weight excluding hydrogens is 224 g/mol. The quantitative estimate of drug-likeness (QED) is 0.819. The van der Waals surface area contributed by atoms with E-state index in [0.717, 1.165) is 5.69 Å². The van der Waals surface area contributed by atoms with Gasteiger partial charge in [0.1, 0.15) is 4.64 Å². The molecule has 0 aliphatic heterocycles. The van der Waals surface area contributed by atoms with E-state index in [9.17, 15) is 0 Å². The lowest BCUT2D eigenvalue weighted by molar-refractivity contribution is 0.181. The van der Waals surface area contributed by atoms with Gasteiger partial charge in [-0.05, 0) is 12.1 Å². The molecule has 0 saturated carbocycles. The van der Waals surface area contributed by atoms with E-state index in [0.29, 0.717) is 22.9 Å². The number of nitrogens with one attached hydrogen (secondary N) is 1. The molecule has 6 heteroatoms. The minimum absolute atomic E-state index is 0.450. The lowest BCUT2D eigenvalue weighted by Gasteiger charge is -2.03. The molecule has 0 aliphatic carbocycles. The fourth-order valence-electron chi connectivity index (χ4n) is 1.27. The Bertz CT molecular complexity index is 526. The van der Waals surface area contributed by atoms with Gasteiger partial charge in [-0.25, -0.2) is 15.0 Å². The van der Waals surface area contributed by atoms with Crippen molar-refractivity contribution in [3.63, 3.8) is 0 Å². The van der Waals surface area contributed by atoms with Crippen molar-refractivity contribution in [2.75, 3.05) is 7.11 Å². The topological polar surface area (TPSA) is 63.7 Å². The molecule has 0 fully saturated rings. The number of ether oxygens (including phenoxy) is 1. The molecule has 0 aromatic carbocycles. The monoisotopic (exact) mass is 234 g/mol. The van der Waals surface area contributed by atoms with Crippen LogP contribution in [0, 0.1) is 4.64 Å². The number of hydrogen-bond acceptors (Lipinski definition) is 5. The van der Waals surface area contributed by atoms with Crippen LogP contribution in [-0.2, 0) is 11.3 Å². The Morgan fingerprint density at radius 2 is 2.12 bits per heavy atom. The SMILES string of the molecule is COCc1cc(=S)nc(-c2ncccn2)[nH]1. The number of aromatic amines is 1. The lowest BCUT2D eigenvalue weighted by atomic mass is 10.4. The number of aromatic nitrogens is 4. The molecule has 0 radical (unpaired) electrons. The van der Waals surface area contributed by atoms with Crippen molar-refractivity contribution in [3.8, 4) is 11.6 Å². The highest BCUT2D eigenvalue weighted by atomic mass is 32.1. The summed E-state index contributed by atoms with van der Waals surface area (Å²) in [6.07, 6.45) is 3.31. The van der Waals surface area contributed by atoms with E-state index in [1.807, 2.05) is 0 Å². The van der Waals surface area contributed by atoms with Crippen LogP contribution in [0.1, 0.15) is 5.69 Å². The first-order valence-electron chi connectivity index (χ1n) is 4.66. The Hall–Kier alpha value is -1.66. The summed E-state index contributed by atoms with van der Waals surface area (Å²) in [5.41, 5.74) is 0.852. The van der Waals surface area contributed by atoms with E-state index in [1.54, 1.807) is 31.6 Å². The van der Waals surface area contributed by atoms with Crippen LogP contribution in [-0.4, -0.2) is 27.0 Å². The van der Waals surface area contributed by atoms with Gasteiger partial charge >= 0.3 is 0 Å². The average molecular weight is 234 g/mol. The summed E-state index contributed by atoms with van der Waals surface area (Å²) in [5.74, 6) is 1.08. The molecule has 2 heterocycles. The molecule has 5 nitrogen and oxygen atoms in total. The Labute approximate surface area is 97.6 Å². The second kappa shape index (κ2) is 4.91. The molecule has 0 bridgehead atoms. The van der Waals surface area contributed by atoms with Gasteiger partial charge in [0.25, 0.3) is 0 Å². The zero-order valence-corrected chi connectivity index (χ0v) is 9.49. The van der Waals surface area contributed by atoms with Crippen molar-refractivity contribution in [2.24, 2.45) is 0 Å². The standard InChI is InChI=1S/C10H10N4OS/c1-15-6-7-5-8(16)14-10(13-7)9-11-3-2-4-12-9/h2-5H,6H2,1H3,(H,13,14,16). The van der Waals surface area contributed by atoms with Crippen molar-refractivity contribution in [2.45, 2.75) is 6.61 Å². The second-order valence-corrected chi connectivity index (χ2v) is 3.52. The fraction of sp³-hybridized carbons (Fsp3) is 0.200. The third-order valence-electron chi connectivity index (χ3n) is 1.88. The highest BCUT2D eigenvalue weighted by Gasteiger charge is 2.04. The van der Waals surface area contributed by atoms with Gasteiger partial charge in [-0.15, -0.1) is 0 Å². The van der Waals surface area contributed by atoms with E-state index in [1.165, 1.54) is 0 Å². The van der Waals surface area contributed by atoms with Gasteiger partial charge < -0.3 is 9.72 Å². The molecule has 16 heavy (non-hydrogen) atoms. The van der Waals surface area contributed by atoms with Crippen LogP contribution in [0.25, 0.3) is 11.6 Å². The summed E-state index contributed by atoms with van der Waals surface area (Å²) in [6, 6.07) is 3.50. The third-order valence-corrected chi connectivity index (χ3v) is 2.09. The zero-order valence-electron chi connectivity index (χ0n) is 8.67. The van der Waals surface area contributed by atoms with E-state index in [-0.39, 0.29) is 0 Å². The normalized spacial score (nSPS) is 10.3. The molecule has 2 aromatic rings. The number of methoxy groups -OCH3 is 1. The molecule has 82 valence electrons. The van der Waals surface area contributed by atoms with Crippen LogP contribution < -0.4 is 0 Å². The first-order valence-corrected chi connectivity index (χ1v) is 5.07. The van der Waals surface area contributed by atoms with Gasteiger partial charge in [0.15, 0.2) is 11.6 Å². The van der Waals surface area contributed by atoms with Crippen LogP contribution in [0.3, 0.4) is 0 Å². The van der Waals surface area contributed by atoms with Gasteiger partial charge in [0, 0.05) is 25.2 Å². The summed E-state index contributed by atoms with van der Waals surface area (Å²) < 4.78 is 5.52. The van der Waals surface area contributed by atoms with Gasteiger partial charge in [-0.2, -0.15) is 0 Å². The fourth-order valence-corrected chi connectivity index (χ4v) is 1.50. The maximum atomic E-state index is 5.06. The van der Waals surface area contributed by atoms with Crippen molar-refractivity contribution in [3.05, 3.63) is 34.9 Å². The van der Waals surface area contributed by atoms with E-state index < -0.39 is 0 Å². The molecule has 2 aromatic heterocycles. The molecule has 2 rings (SSSR count). The lowest BCUT2D eigenvalue weighted by Crippen LogP contribution is -1.99. The van der Waals surface area contributed by atoms with E-state index in [2.05, 4.69) is 19.9 Å². The van der Waals surface area contributed by atoms with Crippen LogP contribution in [0.4, 0.5) is 0 Å². The summed E-state index contributed by atoms with van der Waals surface area (Å²) in [5, 5.41) is 0. The summed E-state index contributed by atoms with van der Waals surface area (Å²) >= 11 is 5.06. The van der Waals surface area contributed by atoms with Crippen LogP contribution in [0.2, 0.25) is 0 Å². The first kappa shape index (κ1) is 10.8. The van der Waals surface area contributed by atoms with Crippen LogP contribution >= 0.6 is 12.2 Å². The largest absolute Gasteiger partial charge is 0.378 e. The number of nitrogens with zero attached hydrogens (tertiary/aromatic N) is 3. The Kier molecular flexibility index (Phi) is 3.33. The number of hydrogen-bond donors (Lipinski definition) is 1. The van der Waals surface area contributed by atoms with E-state index in [4.69, 9.17) is 17.0 Å². The number of H-pyrrole nitrogens is 1. The van der Waals surface area contributed by atoms with Crippen molar-refractivity contribution in [1.82, 2.24) is 19.9 Å².